The molecule has 5 nitrogen and oxygen atoms in total. The van der Waals surface area contributed by atoms with Crippen molar-refractivity contribution in [1.29, 1.82) is 0 Å². The first-order valence-corrected chi connectivity index (χ1v) is 6.86. The van der Waals surface area contributed by atoms with Gasteiger partial charge in [0.25, 0.3) is 11.5 Å². The van der Waals surface area contributed by atoms with E-state index in [1.165, 1.54) is 6.07 Å². The van der Waals surface area contributed by atoms with Gasteiger partial charge in [-0.15, -0.1) is 0 Å². The number of aromatic amines is 1. The molecule has 2 aromatic rings. The van der Waals surface area contributed by atoms with Crippen molar-refractivity contribution in [1.82, 2.24) is 10.3 Å². The SMILES string of the molecule is CCC(CO)NC(=O)c1ccc(-c2ccccc2)[nH]c1=O. The third kappa shape index (κ3) is 3.58. The first kappa shape index (κ1) is 15.0. The van der Waals surface area contributed by atoms with E-state index in [9.17, 15) is 9.59 Å². The van der Waals surface area contributed by atoms with Crippen molar-refractivity contribution in [2.45, 2.75) is 19.4 Å². The summed E-state index contributed by atoms with van der Waals surface area (Å²) in [7, 11) is 0. The molecule has 0 fully saturated rings. The molecule has 5 heteroatoms. The Hall–Kier alpha value is -2.40. The zero-order valence-electron chi connectivity index (χ0n) is 11.8. The Morgan fingerprint density at radius 3 is 2.52 bits per heavy atom. The number of benzene rings is 1. The van der Waals surface area contributed by atoms with Gasteiger partial charge in [-0.3, -0.25) is 9.59 Å². The van der Waals surface area contributed by atoms with E-state index in [2.05, 4.69) is 10.3 Å². The van der Waals surface area contributed by atoms with Gasteiger partial charge in [-0.05, 0) is 24.1 Å². The molecule has 2 rings (SSSR count). The fourth-order valence-corrected chi connectivity index (χ4v) is 1.98. The third-order valence-electron chi connectivity index (χ3n) is 3.29. The minimum absolute atomic E-state index is 0.0431. The van der Waals surface area contributed by atoms with Crippen LogP contribution in [0.3, 0.4) is 0 Å². The summed E-state index contributed by atoms with van der Waals surface area (Å²) in [5.74, 6) is -0.475. The van der Waals surface area contributed by atoms with Crippen LogP contribution in [-0.4, -0.2) is 28.6 Å². The molecule has 0 saturated heterocycles. The highest BCUT2D eigenvalue weighted by Crippen LogP contribution is 2.14. The lowest BCUT2D eigenvalue weighted by molar-refractivity contribution is 0.0913. The van der Waals surface area contributed by atoms with Crippen molar-refractivity contribution in [3.05, 3.63) is 58.4 Å². The van der Waals surface area contributed by atoms with Crippen LogP contribution < -0.4 is 10.9 Å². The van der Waals surface area contributed by atoms with Crippen LogP contribution in [0.1, 0.15) is 23.7 Å². The maximum Gasteiger partial charge on any atom is 0.261 e. The zero-order chi connectivity index (χ0) is 15.2. The third-order valence-corrected chi connectivity index (χ3v) is 3.29. The molecule has 1 unspecified atom stereocenters. The smallest absolute Gasteiger partial charge is 0.261 e. The normalized spacial score (nSPS) is 11.9. The van der Waals surface area contributed by atoms with Gasteiger partial charge in [0.05, 0.1) is 12.6 Å². The summed E-state index contributed by atoms with van der Waals surface area (Å²) in [5.41, 5.74) is 1.14. The van der Waals surface area contributed by atoms with E-state index in [1.807, 2.05) is 37.3 Å². The number of aromatic nitrogens is 1. The van der Waals surface area contributed by atoms with E-state index in [0.717, 1.165) is 5.56 Å². The maximum absolute atomic E-state index is 12.0. The molecule has 1 heterocycles. The molecule has 110 valence electrons. The van der Waals surface area contributed by atoms with E-state index in [-0.39, 0.29) is 18.2 Å². The fourth-order valence-electron chi connectivity index (χ4n) is 1.98. The molecule has 1 atom stereocenters. The van der Waals surface area contributed by atoms with E-state index >= 15 is 0 Å². The number of carbonyl (C=O) groups excluding carboxylic acids is 1. The average molecular weight is 286 g/mol. The van der Waals surface area contributed by atoms with Crippen molar-refractivity contribution in [3.63, 3.8) is 0 Å². The lowest BCUT2D eigenvalue weighted by Crippen LogP contribution is -2.39. The van der Waals surface area contributed by atoms with Crippen LogP contribution in [0.25, 0.3) is 11.3 Å². The molecule has 1 amide bonds. The van der Waals surface area contributed by atoms with Gasteiger partial charge >= 0.3 is 0 Å². The molecule has 0 radical (unpaired) electrons. The molecule has 1 aromatic heterocycles. The van der Waals surface area contributed by atoms with Gasteiger partial charge in [0.1, 0.15) is 5.56 Å². The van der Waals surface area contributed by atoms with Crippen molar-refractivity contribution < 1.29 is 9.90 Å². The Kier molecular flexibility index (Phi) is 4.90. The van der Waals surface area contributed by atoms with Gasteiger partial charge in [-0.25, -0.2) is 0 Å². The summed E-state index contributed by atoms with van der Waals surface area (Å²) in [6, 6.07) is 12.3. The predicted octanol–water partition coefficient (Wildman–Crippen LogP) is 1.54. The molecular formula is C16H18N2O3. The van der Waals surface area contributed by atoms with Crippen LogP contribution in [0.2, 0.25) is 0 Å². The molecule has 0 bridgehead atoms. The number of H-pyrrole nitrogens is 1. The van der Waals surface area contributed by atoms with Gasteiger partial charge < -0.3 is 15.4 Å². The Morgan fingerprint density at radius 1 is 1.24 bits per heavy atom. The summed E-state index contributed by atoms with van der Waals surface area (Å²) < 4.78 is 0. The van der Waals surface area contributed by atoms with E-state index < -0.39 is 11.5 Å². The molecule has 0 aliphatic rings. The highest BCUT2D eigenvalue weighted by atomic mass is 16.3. The first-order valence-electron chi connectivity index (χ1n) is 6.86. The molecule has 21 heavy (non-hydrogen) atoms. The van der Waals surface area contributed by atoms with Crippen LogP contribution in [0.15, 0.2) is 47.3 Å². The second kappa shape index (κ2) is 6.85. The highest BCUT2D eigenvalue weighted by molar-refractivity contribution is 5.94. The topological polar surface area (TPSA) is 82.2 Å². The number of rotatable bonds is 5. The largest absolute Gasteiger partial charge is 0.394 e. The lowest BCUT2D eigenvalue weighted by atomic mass is 10.1. The fraction of sp³-hybridized carbons (Fsp3) is 0.250. The van der Waals surface area contributed by atoms with Crippen molar-refractivity contribution in [2.24, 2.45) is 0 Å². The number of hydrogen-bond donors (Lipinski definition) is 3. The summed E-state index contributed by atoms with van der Waals surface area (Å²) in [6.07, 6.45) is 0.599. The second-order valence-electron chi connectivity index (χ2n) is 4.74. The van der Waals surface area contributed by atoms with Crippen molar-refractivity contribution in [3.8, 4) is 11.3 Å². The minimum atomic E-state index is -0.475. The zero-order valence-corrected chi connectivity index (χ0v) is 11.8. The molecule has 1 aromatic carbocycles. The quantitative estimate of drug-likeness (QED) is 0.779. The summed E-state index contributed by atoms with van der Waals surface area (Å²) in [5, 5.41) is 11.7. The van der Waals surface area contributed by atoms with E-state index in [0.29, 0.717) is 12.1 Å². The lowest BCUT2D eigenvalue weighted by Gasteiger charge is -2.13. The van der Waals surface area contributed by atoms with Crippen LogP contribution >= 0.6 is 0 Å². The van der Waals surface area contributed by atoms with Gasteiger partial charge in [0, 0.05) is 5.69 Å². The summed E-state index contributed by atoms with van der Waals surface area (Å²) in [4.78, 5) is 26.7. The minimum Gasteiger partial charge on any atom is -0.394 e. The number of aliphatic hydroxyl groups is 1. The number of aliphatic hydroxyl groups excluding tert-OH is 1. The average Bonchev–Trinajstić information content (AvgIpc) is 2.53. The first-order chi connectivity index (χ1) is 10.2. The summed E-state index contributed by atoms with van der Waals surface area (Å²) >= 11 is 0. The molecule has 3 N–H and O–H groups in total. The van der Waals surface area contributed by atoms with Gasteiger partial charge in [-0.2, -0.15) is 0 Å². The van der Waals surface area contributed by atoms with Crippen LogP contribution in [0.4, 0.5) is 0 Å². The molecule has 0 spiro atoms. The van der Waals surface area contributed by atoms with Crippen LogP contribution in [0.5, 0.6) is 0 Å². The van der Waals surface area contributed by atoms with Crippen LogP contribution in [-0.2, 0) is 0 Å². The number of carbonyl (C=O) groups is 1. The Labute approximate surface area is 122 Å². The van der Waals surface area contributed by atoms with E-state index in [4.69, 9.17) is 5.11 Å². The monoisotopic (exact) mass is 286 g/mol. The van der Waals surface area contributed by atoms with E-state index in [1.54, 1.807) is 6.07 Å². The van der Waals surface area contributed by atoms with Crippen LogP contribution in [0, 0.1) is 0 Å². The van der Waals surface area contributed by atoms with Gasteiger partial charge in [0.15, 0.2) is 0 Å². The van der Waals surface area contributed by atoms with Crippen molar-refractivity contribution in [2.75, 3.05) is 6.61 Å². The molecule has 0 aliphatic carbocycles. The Balaban J connectivity index is 2.24. The maximum atomic E-state index is 12.0. The van der Waals surface area contributed by atoms with Crippen molar-refractivity contribution >= 4 is 5.91 Å². The number of pyridine rings is 1. The standard InChI is InChI=1S/C16H18N2O3/c1-2-12(10-19)17-15(20)13-8-9-14(18-16(13)21)11-6-4-3-5-7-11/h3-9,12,19H,2,10H2,1H3,(H,17,20)(H,18,21). The Bertz CT molecular complexity index is 661. The number of amides is 1. The van der Waals surface area contributed by atoms with Gasteiger partial charge in [0.2, 0.25) is 0 Å². The predicted molar refractivity (Wildman–Crippen MR) is 81.1 cm³/mol. The molecule has 0 aliphatic heterocycles. The molecule has 0 saturated carbocycles. The molecular weight excluding hydrogens is 268 g/mol. The summed E-state index contributed by atoms with van der Waals surface area (Å²) in [6.45, 7) is 1.70. The Morgan fingerprint density at radius 2 is 1.95 bits per heavy atom. The number of hydrogen-bond acceptors (Lipinski definition) is 3. The number of nitrogens with one attached hydrogen (secondary N) is 2. The highest BCUT2D eigenvalue weighted by Gasteiger charge is 2.14. The van der Waals surface area contributed by atoms with Gasteiger partial charge in [-0.1, -0.05) is 37.3 Å². The second-order valence-corrected chi connectivity index (χ2v) is 4.74.